The lowest BCUT2D eigenvalue weighted by molar-refractivity contribution is 0.188. The lowest BCUT2D eigenvalue weighted by Gasteiger charge is -2.37. The highest BCUT2D eigenvalue weighted by Crippen LogP contribution is 2.27. The Labute approximate surface area is 150 Å². The van der Waals surface area contributed by atoms with Crippen LogP contribution < -0.4 is 0 Å². The third-order valence-electron chi connectivity index (χ3n) is 4.47. The number of sulfonamides is 1. The maximum Gasteiger partial charge on any atom is 0.218 e. The van der Waals surface area contributed by atoms with Crippen molar-refractivity contribution < 1.29 is 12.8 Å². The van der Waals surface area contributed by atoms with Crippen molar-refractivity contribution in [2.45, 2.75) is 11.8 Å². The minimum Gasteiger partial charge on any atom is -0.246 e. The minimum atomic E-state index is -3.55. The molecule has 134 valence electrons. The van der Waals surface area contributed by atoms with Gasteiger partial charge in [0.1, 0.15) is 11.5 Å². The van der Waals surface area contributed by atoms with Crippen LogP contribution >= 0.6 is 0 Å². The van der Waals surface area contributed by atoms with Gasteiger partial charge in [-0.05, 0) is 6.07 Å². The zero-order valence-corrected chi connectivity index (χ0v) is 14.7. The lowest BCUT2D eigenvalue weighted by atomic mass is 10.1. The summed E-state index contributed by atoms with van der Waals surface area (Å²) < 4.78 is 41.7. The fraction of sp³-hybridized carbons (Fsp3) is 0.222. The molecule has 0 spiro atoms. The molecule has 1 aliphatic rings. The molecule has 26 heavy (non-hydrogen) atoms. The highest BCUT2D eigenvalue weighted by atomic mass is 32.2. The van der Waals surface area contributed by atoms with Crippen LogP contribution in [0.3, 0.4) is 0 Å². The fourth-order valence-electron chi connectivity index (χ4n) is 2.91. The van der Waals surface area contributed by atoms with E-state index in [1.165, 1.54) is 16.4 Å². The number of rotatable bonds is 5. The topological polar surface area (TPSA) is 68.1 Å². The number of hydrogen-bond donors (Lipinski definition) is 0. The summed E-state index contributed by atoms with van der Waals surface area (Å²) >= 11 is 0. The van der Waals surface area contributed by atoms with Gasteiger partial charge in [-0.2, -0.15) is 4.31 Å². The molecule has 1 aliphatic heterocycles. The first kappa shape index (κ1) is 16.9. The van der Waals surface area contributed by atoms with Crippen LogP contribution in [0.15, 0.2) is 60.8 Å². The van der Waals surface area contributed by atoms with Crippen LogP contribution in [0.5, 0.6) is 0 Å². The standard InChI is InChI=1S/C18H17FN4O2S/c19-17-9-5-4-8-15(17)13-26(24,25)22-10-16(11-22)23-12-18(20-21-23)14-6-2-1-3-7-14/h1-9,12,16H,10-11,13H2. The van der Waals surface area contributed by atoms with Gasteiger partial charge in [-0.15, -0.1) is 5.10 Å². The second kappa shape index (κ2) is 6.62. The van der Waals surface area contributed by atoms with Crippen LogP contribution in [0.2, 0.25) is 0 Å². The number of benzene rings is 2. The molecular weight excluding hydrogens is 355 g/mol. The Hall–Kier alpha value is -2.58. The summed E-state index contributed by atoms with van der Waals surface area (Å²) in [6.07, 6.45) is 1.82. The average Bonchev–Trinajstić information content (AvgIpc) is 3.05. The van der Waals surface area contributed by atoms with E-state index in [0.29, 0.717) is 13.1 Å². The van der Waals surface area contributed by atoms with Crippen LogP contribution in [0.25, 0.3) is 11.3 Å². The Morgan fingerprint density at radius 2 is 1.73 bits per heavy atom. The van der Waals surface area contributed by atoms with Crippen LogP contribution in [-0.4, -0.2) is 40.8 Å². The SMILES string of the molecule is O=S(=O)(Cc1ccccc1F)N1CC(n2cc(-c3ccccc3)nn2)C1. The van der Waals surface area contributed by atoms with Crippen molar-refractivity contribution in [2.24, 2.45) is 0 Å². The number of nitrogens with zero attached hydrogens (tertiary/aromatic N) is 4. The van der Waals surface area contributed by atoms with Gasteiger partial charge in [0.2, 0.25) is 10.0 Å². The van der Waals surface area contributed by atoms with E-state index >= 15 is 0 Å². The van der Waals surface area contributed by atoms with Gasteiger partial charge < -0.3 is 0 Å². The smallest absolute Gasteiger partial charge is 0.218 e. The molecule has 2 heterocycles. The van der Waals surface area contributed by atoms with Crippen molar-refractivity contribution in [1.29, 1.82) is 0 Å². The third-order valence-corrected chi connectivity index (χ3v) is 6.23. The van der Waals surface area contributed by atoms with E-state index in [-0.39, 0.29) is 17.4 Å². The largest absolute Gasteiger partial charge is 0.246 e. The summed E-state index contributed by atoms with van der Waals surface area (Å²) in [5, 5.41) is 8.27. The summed E-state index contributed by atoms with van der Waals surface area (Å²) in [5.74, 6) is -0.837. The maximum atomic E-state index is 13.7. The summed E-state index contributed by atoms with van der Waals surface area (Å²) in [7, 11) is -3.55. The minimum absolute atomic E-state index is 0.0599. The van der Waals surface area contributed by atoms with Crippen LogP contribution in [-0.2, 0) is 15.8 Å². The molecule has 6 nitrogen and oxygen atoms in total. The molecule has 0 unspecified atom stereocenters. The van der Waals surface area contributed by atoms with E-state index in [9.17, 15) is 12.8 Å². The molecule has 0 N–H and O–H groups in total. The molecule has 0 saturated carbocycles. The fourth-order valence-corrected chi connectivity index (χ4v) is 4.52. The quantitative estimate of drug-likeness (QED) is 0.690. The van der Waals surface area contributed by atoms with Crippen LogP contribution in [0, 0.1) is 5.82 Å². The van der Waals surface area contributed by atoms with Gasteiger partial charge in [0.25, 0.3) is 0 Å². The molecular formula is C18H17FN4O2S. The van der Waals surface area contributed by atoms with Crippen molar-refractivity contribution >= 4 is 10.0 Å². The molecule has 4 rings (SSSR count). The molecule has 0 radical (unpaired) electrons. The van der Waals surface area contributed by atoms with Crippen molar-refractivity contribution in [1.82, 2.24) is 19.3 Å². The van der Waals surface area contributed by atoms with Crippen molar-refractivity contribution in [3.05, 3.63) is 72.2 Å². The zero-order valence-electron chi connectivity index (χ0n) is 13.9. The zero-order chi connectivity index (χ0) is 18.1. The van der Waals surface area contributed by atoms with Gasteiger partial charge in [-0.3, -0.25) is 0 Å². The normalized spacial score (nSPS) is 15.7. The maximum absolute atomic E-state index is 13.7. The predicted octanol–water partition coefficient (Wildman–Crippen LogP) is 2.47. The highest BCUT2D eigenvalue weighted by molar-refractivity contribution is 7.88. The van der Waals surface area contributed by atoms with Gasteiger partial charge in [0.15, 0.2) is 0 Å². The Kier molecular flexibility index (Phi) is 4.29. The van der Waals surface area contributed by atoms with Crippen molar-refractivity contribution in [3.8, 4) is 11.3 Å². The van der Waals surface area contributed by atoms with E-state index in [2.05, 4.69) is 10.3 Å². The first-order chi connectivity index (χ1) is 12.5. The van der Waals surface area contributed by atoms with E-state index in [4.69, 9.17) is 0 Å². The summed E-state index contributed by atoms with van der Waals surface area (Å²) in [6.45, 7) is 0.628. The third kappa shape index (κ3) is 3.25. The lowest BCUT2D eigenvalue weighted by Crippen LogP contribution is -2.51. The second-order valence-corrected chi connectivity index (χ2v) is 8.24. The predicted molar refractivity (Wildman–Crippen MR) is 95.1 cm³/mol. The highest BCUT2D eigenvalue weighted by Gasteiger charge is 2.37. The Balaban J connectivity index is 1.42. The Bertz CT molecular complexity index is 1010. The number of aromatic nitrogens is 3. The van der Waals surface area contributed by atoms with Crippen molar-refractivity contribution in [2.75, 3.05) is 13.1 Å². The molecule has 8 heteroatoms. The molecule has 0 bridgehead atoms. The van der Waals surface area contributed by atoms with Crippen LogP contribution in [0.4, 0.5) is 4.39 Å². The summed E-state index contributed by atoms with van der Waals surface area (Å²) in [5.41, 5.74) is 1.89. The first-order valence-electron chi connectivity index (χ1n) is 8.21. The molecule has 1 fully saturated rings. The number of halogens is 1. The molecule has 1 aromatic heterocycles. The number of hydrogen-bond acceptors (Lipinski definition) is 4. The second-order valence-electron chi connectivity index (χ2n) is 6.27. The van der Waals surface area contributed by atoms with Crippen LogP contribution in [0.1, 0.15) is 11.6 Å². The van der Waals surface area contributed by atoms with Gasteiger partial charge in [0, 0.05) is 24.2 Å². The Morgan fingerprint density at radius 3 is 2.46 bits per heavy atom. The molecule has 2 aromatic carbocycles. The molecule has 0 aliphatic carbocycles. The van der Waals surface area contributed by atoms with E-state index in [1.54, 1.807) is 16.8 Å². The first-order valence-corrected chi connectivity index (χ1v) is 9.82. The Morgan fingerprint density at radius 1 is 1.04 bits per heavy atom. The summed E-state index contributed by atoms with van der Waals surface area (Å²) in [6, 6.07) is 15.5. The van der Waals surface area contributed by atoms with E-state index < -0.39 is 15.8 Å². The summed E-state index contributed by atoms with van der Waals surface area (Å²) in [4.78, 5) is 0. The average molecular weight is 372 g/mol. The van der Waals surface area contributed by atoms with Gasteiger partial charge in [-0.25, -0.2) is 17.5 Å². The van der Waals surface area contributed by atoms with Gasteiger partial charge >= 0.3 is 0 Å². The van der Waals surface area contributed by atoms with Gasteiger partial charge in [0.05, 0.1) is 18.0 Å². The van der Waals surface area contributed by atoms with Crippen molar-refractivity contribution in [3.63, 3.8) is 0 Å². The van der Waals surface area contributed by atoms with E-state index in [0.717, 1.165) is 11.3 Å². The molecule has 1 saturated heterocycles. The van der Waals surface area contributed by atoms with Gasteiger partial charge in [-0.1, -0.05) is 53.7 Å². The molecule has 0 amide bonds. The molecule has 3 aromatic rings. The molecule has 0 atom stereocenters. The van der Waals surface area contributed by atoms with E-state index in [1.807, 2.05) is 36.5 Å². The monoisotopic (exact) mass is 372 g/mol.